The molecule has 0 unspecified atom stereocenters. The van der Waals surface area contributed by atoms with E-state index in [1.54, 1.807) is 25.1 Å². The van der Waals surface area contributed by atoms with Crippen molar-refractivity contribution in [3.63, 3.8) is 0 Å². The van der Waals surface area contributed by atoms with E-state index < -0.39 is 5.97 Å². The molecule has 0 heterocycles. The number of carboxylic acids is 1. The summed E-state index contributed by atoms with van der Waals surface area (Å²) in [6.45, 7) is 3.53. The van der Waals surface area contributed by atoms with E-state index in [-0.39, 0.29) is 11.4 Å². The summed E-state index contributed by atoms with van der Waals surface area (Å²) in [5.74, 6) is -1.21. The summed E-state index contributed by atoms with van der Waals surface area (Å²) in [5.41, 5.74) is 3.26. The fraction of sp³-hybridized carbons (Fsp3) is 0.133. The lowest BCUT2D eigenvalue weighted by Gasteiger charge is -2.08. The lowest BCUT2D eigenvalue weighted by molar-refractivity contribution is 0.0697. The molecule has 2 aromatic carbocycles. The van der Waals surface area contributed by atoms with E-state index >= 15 is 0 Å². The van der Waals surface area contributed by atoms with E-state index in [9.17, 15) is 9.18 Å². The number of aryl methyl sites for hydroxylation is 2. The molecule has 0 amide bonds. The van der Waals surface area contributed by atoms with Gasteiger partial charge >= 0.3 is 5.97 Å². The van der Waals surface area contributed by atoms with Crippen LogP contribution < -0.4 is 0 Å². The standard InChI is InChI=1S/C15H13FO2/c1-9-3-4-11(8-14(9)16)13-6-5-12(15(17)18)7-10(13)2/h3-8H,1-2H3,(H,17,18). The predicted octanol–water partition coefficient (Wildman–Crippen LogP) is 3.81. The van der Waals surface area contributed by atoms with Gasteiger partial charge in [0.1, 0.15) is 5.82 Å². The Balaban J connectivity index is 2.51. The van der Waals surface area contributed by atoms with Crippen LogP contribution in [0, 0.1) is 19.7 Å². The van der Waals surface area contributed by atoms with Crippen molar-refractivity contribution >= 4 is 5.97 Å². The van der Waals surface area contributed by atoms with Crippen molar-refractivity contribution in [3.8, 4) is 11.1 Å². The van der Waals surface area contributed by atoms with Crippen molar-refractivity contribution in [1.82, 2.24) is 0 Å². The molecule has 0 fully saturated rings. The molecular formula is C15H13FO2. The van der Waals surface area contributed by atoms with Gasteiger partial charge in [-0.3, -0.25) is 0 Å². The molecule has 2 rings (SSSR count). The van der Waals surface area contributed by atoms with Crippen LogP contribution in [0.5, 0.6) is 0 Å². The maximum atomic E-state index is 13.5. The molecule has 3 heteroatoms. The molecule has 0 atom stereocenters. The number of hydrogen-bond donors (Lipinski definition) is 1. The van der Waals surface area contributed by atoms with Crippen LogP contribution >= 0.6 is 0 Å². The third-order valence-electron chi connectivity index (χ3n) is 2.96. The Morgan fingerprint density at radius 2 is 1.78 bits per heavy atom. The van der Waals surface area contributed by atoms with Crippen LogP contribution in [-0.4, -0.2) is 11.1 Å². The highest BCUT2D eigenvalue weighted by atomic mass is 19.1. The molecule has 0 spiro atoms. The molecule has 0 bridgehead atoms. The largest absolute Gasteiger partial charge is 0.478 e. The normalized spacial score (nSPS) is 10.4. The fourth-order valence-electron chi connectivity index (χ4n) is 1.88. The number of rotatable bonds is 2. The smallest absolute Gasteiger partial charge is 0.335 e. The number of halogens is 1. The molecule has 0 saturated heterocycles. The first-order valence-corrected chi connectivity index (χ1v) is 5.59. The maximum Gasteiger partial charge on any atom is 0.335 e. The topological polar surface area (TPSA) is 37.3 Å². The van der Waals surface area contributed by atoms with Gasteiger partial charge < -0.3 is 5.11 Å². The average Bonchev–Trinajstić information content (AvgIpc) is 2.32. The second-order valence-electron chi connectivity index (χ2n) is 4.30. The van der Waals surface area contributed by atoms with Crippen LogP contribution in [0.2, 0.25) is 0 Å². The second-order valence-corrected chi connectivity index (χ2v) is 4.30. The molecule has 2 nitrogen and oxygen atoms in total. The van der Waals surface area contributed by atoms with Crippen LogP contribution in [0.4, 0.5) is 4.39 Å². The van der Waals surface area contributed by atoms with Gasteiger partial charge in [-0.05, 0) is 54.3 Å². The molecule has 0 radical (unpaired) electrons. The van der Waals surface area contributed by atoms with E-state index in [0.717, 1.165) is 16.7 Å². The third-order valence-corrected chi connectivity index (χ3v) is 2.96. The molecule has 0 aliphatic heterocycles. The Kier molecular flexibility index (Phi) is 3.15. The quantitative estimate of drug-likeness (QED) is 0.872. The zero-order valence-electron chi connectivity index (χ0n) is 10.2. The summed E-state index contributed by atoms with van der Waals surface area (Å²) < 4.78 is 13.5. The third kappa shape index (κ3) is 2.25. The van der Waals surface area contributed by atoms with E-state index in [2.05, 4.69) is 0 Å². The Hall–Kier alpha value is -2.16. The lowest BCUT2D eigenvalue weighted by atomic mass is 9.97. The van der Waals surface area contributed by atoms with Crippen LogP contribution in [0.3, 0.4) is 0 Å². The van der Waals surface area contributed by atoms with Crippen LogP contribution in [0.15, 0.2) is 36.4 Å². The monoisotopic (exact) mass is 244 g/mol. The zero-order chi connectivity index (χ0) is 13.3. The van der Waals surface area contributed by atoms with Gasteiger partial charge in [0, 0.05) is 0 Å². The van der Waals surface area contributed by atoms with Gasteiger partial charge in [0.25, 0.3) is 0 Å². The first kappa shape index (κ1) is 12.3. The van der Waals surface area contributed by atoms with Gasteiger partial charge in [-0.25, -0.2) is 9.18 Å². The number of carboxylic acid groups (broad SMARTS) is 1. The predicted molar refractivity (Wildman–Crippen MR) is 68.3 cm³/mol. The molecule has 0 aliphatic rings. The first-order chi connectivity index (χ1) is 8.49. The minimum Gasteiger partial charge on any atom is -0.478 e. The summed E-state index contributed by atoms with van der Waals surface area (Å²) >= 11 is 0. The van der Waals surface area contributed by atoms with Crippen molar-refractivity contribution in [2.24, 2.45) is 0 Å². The highest BCUT2D eigenvalue weighted by molar-refractivity contribution is 5.89. The molecule has 0 aliphatic carbocycles. The fourth-order valence-corrected chi connectivity index (χ4v) is 1.88. The van der Waals surface area contributed by atoms with E-state index in [4.69, 9.17) is 5.11 Å². The van der Waals surface area contributed by atoms with Crippen LogP contribution in [0.1, 0.15) is 21.5 Å². The lowest BCUT2D eigenvalue weighted by Crippen LogP contribution is -1.97. The first-order valence-electron chi connectivity index (χ1n) is 5.59. The number of benzene rings is 2. The summed E-state index contributed by atoms with van der Waals surface area (Å²) in [5, 5.41) is 8.89. The maximum absolute atomic E-state index is 13.5. The van der Waals surface area contributed by atoms with E-state index in [0.29, 0.717) is 5.56 Å². The van der Waals surface area contributed by atoms with E-state index in [1.807, 2.05) is 13.0 Å². The average molecular weight is 244 g/mol. The number of hydrogen-bond acceptors (Lipinski definition) is 1. The minimum absolute atomic E-state index is 0.240. The van der Waals surface area contributed by atoms with Crippen LogP contribution in [-0.2, 0) is 0 Å². The van der Waals surface area contributed by atoms with Crippen LogP contribution in [0.25, 0.3) is 11.1 Å². The minimum atomic E-state index is -0.959. The molecular weight excluding hydrogens is 231 g/mol. The van der Waals surface area contributed by atoms with Gasteiger partial charge in [-0.15, -0.1) is 0 Å². The Morgan fingerprint density at radius 1 is 1.06 bits per heavy atom. The van der Waals surface area contributed by atoms with Gasteiger partial charge in [-0.2, -0.15) is 0 Å². The van der Waals surface area contributed by atoms with Crippen molar-refractivity contribution < 1.29 is 14.3 Å². The van der Waals surface area contributed by atoms with Gasteiger partial charge in [-0.1, -0.05) is 18.2 Å². The zero-order valence-corrected chi connectivity index (χ0v) is 10.2. The molecule has 2 aromatic rings. The number of carbonyl (C=O) groups is 1. The van der Waals surface area contributed by atoms with Crippen molar-refractivity contribution in [2.45, 2.75) is 13.8 Å². The molecule has 0 aromatic heterocycles. The van der Waals surface area contributed by atoms with Gasteiger partial charge in [0.05, 0.1) is 5.56 Å². The SMILES string of the molecule is Cc1ccc(-c2ccc(C(=O)O)cc2C)cc1F. The van der Waals surface area contributed by atoms with E-state index in [1.165, 1.54) is 12.1 Å². The molecule has 0 saturated carbocycles. The second kappa shape index (κ2) is 4.61. The van der Waals surface area contributed by atoms with Crippen molar-refractivity contribution in [1.29, 1.82) is 0 Å². The Bertz CT molecular complexity index is 618. The molecule has 18 heavy (non-hydrogen) atoms. The Labute approximate surface area is 105 Å². The Morgan fingerprint density at radius 3 is 2.33 bits per heavy atom. The summed E-state index contributed by atoms with van der Waals surface area (Å²) in [6, 6.07) is 9.86. The van der Waals surface area contributed by atoms with Gasteiger partial charge in [0.15, 0.2) is 0 Å². The molecule has 92 valence electrons. The van der Waals surface area contributed by atoms with Gasteiger partial charge in [0.2, 0.25) is 0 Å². The highest BCUT2D eigenvalue weighted by Crippen LogP contribution is 2.25. The summed E-state index contributed by atoms with van der Waals surface area (Å²) in [6.07, 6.45) is 0. The van der Waals surface area contributed by atoms with Crippen molar-refractivity contribution in [2.75, 3.05) is 0 Å². The highest BCUT2D eigenvalue weighted by Gasteiger charge is 2.08. The van der Waals surface area contributed by atoms with Crippen molar-refractivity contribution in [3.05, 3.63) is 58.9 Å². The summed E-state index contributed by atoms with van der Waals surface area (Å²) in [4.78, 5) is 10.8. The molecule has 1 N–H and O–H groups in total. The summed E-state index contributed by atoms with van der Waals surface area (Å²) in [7, 11) is 0. The number of aromatic carboxylic acids is 1.